The minimum Gasteiger partial charge on any atom is -0.462 e. The molecule has 0 aliphatic carbocycles. The van der Waals surface area contributed by atoms with Gasteiger partial charge in [0.05, 0.1) is 19.8 Å². The fraction of sp³-hybridized carbons (Fsp3) is 0.952. The van der Waals surface area contributed by atoms with Crippen molar-refractivity contribution in [1.82, 2.24) is 4.90 Å². The summed E-state index contributed by atoms with van der Waals surface area (Å²) in [6.07, 6.45) is 34.0. The van der Waals surface area contributed by atoms with Crippen molar-refractivity contribution in [2.45, 2.75) is 219 Å². The van der Waals surface area contributed by atoms with Crippen molar-refractivity contribution >= 4 is 12.1 Å². The summed E-state index contributed by atoms with van der Waals surface area (Å²) in [7, 11) is 0. The lowest BCUT2D eigenvalue weighted by atomic mass is 10.0. The summed E-state index contributed by atoms with van der Waals surface area (Å²) in [5.41, 5.74) is 0. The Balaban J connectivity index is 3.96. The Morgan fingerprint density at radius 3 is 1.33 bits per heavy atom. The van der Waals surface area contributed by atoms with Gasteiger partial charge in [-0.25, -0.2) is 4.79 Å². The van der Waals surface area contributed by atoms with Crippen molar-refractivity contribution in [2.24, 2.45) is 0 Å². The highest BCUT2D eigenvalue weighted by Crippen LogP contribution is 2.18. The van der Waals surface area contributed by atoms with E-state index in [0.29, 0.717) is 19.6 Å². The molecule has 0 rings (SSSR count). The Kier molecular flexibility index (Phi) is 38.4. The van der Waals surface area contributed by atoms with Crippen LogP contribution in [0.3, 0.4) is 0 Å². The van der Waals surface area contributed by atoms with E-state index in [1.54, 1.807) is 0 Å². The van der Waals surface area contributed by atoms with Gasteiger partial charge in [-0.05, 0) is 70.9 Å². The Bertz CT molecular complexity index is 674. The summed E-state index contributed by atoms with van der Waals surface area (Å²) in [4.78, 5) is 26.7. The summed E-state index contributed by atoms with van der Waals surface area (Å²) in [5, 5.41) is 9.51. The second-order valence-corrected chi connectivity index (χ2v) is 14.4. The molecule has 0 atom stereocenters. The highest BCUT2D eigenvalue weighted by atomic mass is 16.7. The molecule has 0 unspecified atom stereocenters. The number of hydrogen-bond donors (Lipinski definition) is 1. The van der Waals surface area contributed by atoms with Crippen molar-refractivity contribution in [3.63, 3.8) is 0 Å². The molecular weight excluding hydrogens is 614 g/mol. The van der Waals surface area contributed by atoms with Crippen LogP contribution in [-0.2, 0) is 19.0 Å². The average molecular weight is 698 g/mol. The highest BCUT2D eigenvalue weighted by molar-refractivity contribution is 5.69. The van der Waals surface area contributed by atoms with E-state index in [9.17, 15) is 14.7 Å². The highest BCUT2D eigenvalue weighted by Gasteiger charge is 2.14. The molecular formula is C42H83NO6. The summed E-state index contributed by atoms with van der Waals surface area (Å²) in [6.45, 7) is 10.5. The van der Waals surface area contributed by atoms with E-state index >= 15 is 0 Å². The average Bonchev–Trinajstić information content (AvgIpc) is 3.09. The number of unbranched alkanes of at least 4 members (excludes halogenated alkanes) is 22. The molecule has 1 N–H and O–H groups in total. The van der Waals surface area contributed by atoms with Gasteiger partial charge in [-0.2, -0.15) is 0 Å². The number of aliphatic hydroxyl groups is 1. The lowest BCUT2D eigenvalue weighted by Crippen LogP contribution is -2.29. The Morgan fingerprint density at radius 2 is 0.878 bits per heavy atom. The molecule has 0 aliphatic rings. The Hall–Kier alpha value is -1.34. The predicted molar refractivity (Wildman–Crippen MR) is 206 cm³/mol. The van der Waals surface area contributed by atoms with Gasteiger partial charge in [0.25, 0.3) is 0 Å². The van der Waals surface area contributed by atoms with Gasteiger partial charge in [0, 0.05) is 13.0 Å². The van der Waals surface area contributed by atoms with Gasteiger partial charge in [0.2, 0.25) is 0 Å². The second-order valence-electron chi connectivity index (χ2n) is 14.4. The number of rotatable bonds is 39. The van der Waals surface area contributed by atoms with E-state index < -0.39 is 6.16 Å². The molecule has 292 valence electrons. The minimum atomic E-state index is -0.533. The van der Waals surface area contributed by atoms with E-state index in [4.69, 9.17) is 14.2 Å². The Morgan fingerprint density at radius 1 is 0.490 bits per heavy atom. The van der Waals surface area contributed by atoms with Gasteiger partial charge in [0.15, 0.2) is 0 Å². The van der Waals surface area contributed by atoms with Crippen molar-refractivity contribution in [3.8, 4) is 0 Å². The molecule has 7 heteroatoms. The number of hydrogen-bond acceptors (Lipinski definition) is 7. The van der Waals surface area contributed by atoms with Crippen molar-refractivity contribution in [3.05, 3.63) is 0 Å². The maximum Gasteiger partial charge on any atom is 0.508 e. The lowest BCUT2D eigenvalue weighted by Gasteiger charge is -2.21. The third-order valence-corrected chi connectivity index (χ3v) is 9.64. The van der Waals surface area contributed by atoms with Crippen LogP contribution in [0.25, 0.3) is 0 Å². The summed E-state index contributed by atoms with van der Waals surface area (Å²) in [6, 6.07) is 0. The van der Waals surface area contributed by atoms with Gasteiger partial charge in [0.1, 0.15) is 6.10 Å². The van der Waals surface area contributed by atoms with E-state index in [-0.39, 0.29) is 18.7 Å². The quantitative estimate of drug-likeness (QED) is 0.0505. The van der Waals surface area contributed by atoms with Crippen LogP contribution in [0.1, 0.15) is 213 Å². The molecule has 0 saturated heterocycles. The van der Waals surface area contributed by atoms with Crippen LogP contribution in [0.5, 0.6) is 0 Å². The normalized spacial score (nSPS) is 11.5. The predicted octanol–water partition coefficient (Wildman–Crippen LogP) is 12.1. The lowest BCUT2D eigenvalue weighted by molar-refractivity contribution is -0.150. The van der Waals surface area contributed by atoms with Crippen LogP contribution in [0.15, 0.2) is 0 Å². The number of aliphatic hydroxyl groups excluding tert-OH is 1. The SMILES string of the molecule is CCCCCCCCOC(=O)OCCCCCCN(CCO)CCCCCCCC(=O)OC(CCCCCCCC)CCCCCCCC. The van der Waals surface area contributed by atoms with Crippen LogP contribution in [0, 0.1) is 0 Å². The van der Waals surface area contributed by atoms with Crippen LogP contribution in [0.2, 0.25) is 0 Å². The molecule has 7 nitrogen and oxygen atoms in total. The van der Waals surface area contributed by atoms with Gasteiger partial charge in [-0.15, -0.1) is 0 Å². The number of esters is 1. The van der Waals surface area contributed by atoms with E-state index in [1.807, 2.05) is 0 Å². The monoisotopic (exact) mass is 698 g/mol. The minimum absolute atomic E-state index is 0.00563. The third kappa shape index (κ3) is 36.3. The maximum atomic E-state index is 12.7. The van der Waals surface area contributed by atoms with Gasteiger partial charge >= 0.3 is 12.1 Å². The zero-order valence-electron chi connectivity index (χ0n) is 33.0. The van der Waals surface area contributed by atoms with Crippen molar-refractivity contribution < 1.29 is 28.9 Å². The van der Waals surface area contributed by atoms with Crippen LogP contribution in [0.4, 0.5) is 4.79 Å². The second kappa shape index (κ2) is 39.4. The third-order valence-electron chi connectivity index (χ3n) is 9.64. The van der Waals surface area contributed by atoms with E-state index in [0.717, 1.165) is 103 Å². The molecule has 0 aromatic rings. The van der Waals surface area contributed by atoms with Crippen LogP contribution >= 0.6 is 0 Å². The molecule has 0 bridgehead atoms. The molecule has 0 fully saturated rings. The number of carbonyl (C=O) groups is 2. The standard InChI is InChI=1S/C42H83NO6/c1-4-7-10-13-17-24-31-40(32-25-18-14-11-8-5-2)49-41(45)33-26-19-16-20-27-34-43(36-37-44)35-28-21-23-30-39-48-42(46)47-38-29-22-15-12-9-6-3/h40,44H,4-39H2,1-3H3. The van der Waals surface area contributed by atoms with Crippen molar-refractivity contribution in [2.75, 3.05) is 39.5 Å². The zero-order chi connectivity index (χ0) is 35.9. The molecule has 0 aliphatic heterocycles. The van der Waals surface area contributed by atoms with Crippen LogP contribution < -0.4 is 0 Å². The summed E-state index contributed by atoms with van der Waals surface area (Å²) < 4.78 is 16.4. The van der Waals surface area contributed by atoms with Gasteiger partial charge in [-0.1, -0.05) is 149 Å². The molecule has 0 amide bonds. The summed E-state index contributed by atoms with van der Waals surface area (Å²) in [5.74, 6) is 0.00563. The maximum absolute atomic E-state index is 12.7. The summed E-state index contributed by atoms with van der Waals surface area (Å²) >= 11 is 0. The van der Waals surface area contributed by atoms with Crippen LogP contribution in [-0.4, -0.2) is 67.7 Å². The first kappa shape index (κ1) is 47.7. The molecule has 0 spiro atoms. The molecule has 0 aromatic carbocycles. The van der Waals surface area contributed by atoms with E-state index in [1.165, 1.54) is 103 Å². The number of carbonyl (C=O) groups excluding carboxylic acids is 2. The number of nitrogens with zero attached hydrogens (tertiary/aromatic N) is 1. The molecule has 0 aromatic heterocycles. The van der Waals surface area contributed by atoms with Crippen molar-refractivity contribution in [1.29, 1.82) is 0 Å². The largest absolute Gasteiger partial charge is 0.508 e. The molecule has 0 radical (unpaired) electrons. The van der Waals surface area contributed by atoms with Gasteiger partial charge in [-0.3, -0.25) is 4.79 Å². The Labute approximate surface area is 304 Å². The fourth-order valence-electron chi connectivity index (χ4n) is 6.45. The zero-order valence-corrected chi connectivity index (χ0v) is 33.0. The topological polar surface area (TPSA) is 85.3 Å². The first-order valence-corrected chi connectivity index (χ1v) is 21.4. The van der Waals surface area contributed by atoms with E-state index in [2.05, 4.69) is 25.7 Å². The fourth-order valence-corrected chi connectivity index (χ4v) is 6.45. The first-order valence-electron chi connectivity index (χ1n) is 21.4. The molecule has 0 saturated carbocycles. The molecule has 49 heavy (non-hydrogen) atoms. The smallest absolute Gasteiger partial charge is 0.462 e. The molecule has 0 heterocycles. The van der Waals surface area contributed by atoms with Gasteiger partial charge < -0.3 is 24.2 Å². The number of ether oxygens (including phenoxy) is 3. The first-order chi connectivity index (χ1) is 24.1.